The fraction of sp³-hybridized carbons (Fsp3) is 0.231. The van der Waals surface area contributed by atoms with E-state index in [2.05, 4.69) is 15.4 Å². The molecule has 1 amide bonds. The number of nitrogens with two attached hydrogens (primary N) is 1. The maximum Gasteiger partial charge on any atom is 0.254 e. The van der Waals surface area contributed by atoms with Crippen molar-refractivity contribution in [2.75, 3.05) is 6.54 Å². The average molecular weight is 286 g/mol. The first-order valence-corrected chi connectivity index (χ1v) is 6.43. The Labute approximate surface area is 120 Å². The van der Waals surface area contributed by atoms with E-state index in [9.17, 15) is 4.79 Å². The van der Waals surface area contributed by atoms with Gasteiger partial charge < -0.3 is 20.4 Å². The molecule has 1 aliphatic rings. The van der Waals surface area contributed by atoms with Crippen molar-refractivity contribution in [3.63, 3.8) is 0 Å². The molecule has 0 spiro atoms. The number of oxime groups is 1. The lowest BCUT2D eigenvalue weighted by Crippen LogP contribution is -2.38. The molecule has 0 radical (unpaired) electrons. The van der Waals surface area contributed by atoms with E-state index in [0.717, 1.165) is 5.82 Å². The highest BCUT2D eigenvalue weighted by molar-refractivity contribution is 6.01. The quantitative estimate of drug-likeness (QED) is 0.350. The van der Waals surface area contributed by atoms with Crippen LogP contribution in [0.25, 0.3) is 0 Å². The predicted octanol–water partition coefficient (Wildman–Crippen LogP) is 0.0286. The fourth-order valence-electron chi connectivity index (χ4n) is 2.29. The summed E-state index contributed by atoms with van der Waals surface area (Å²) in [6, 6.07) is 6.69. The summed E-state index contributed by atoms with van der Waals surface area (Å²) in [5, 5.41) is 19.5. The Bertz CT molecular complexity index is 708. The highest BCUT2D eigenvalue weighted by Crippen LogP contribution is 2.14. The minimum Gasteiger partial charge on any atom is -0.409 e. The van der Waals surface area contributed by atoms with Crippen LogP contribution in [0.2, 0.25) is 0 Å². The third-order valence-electron chi connectivity index (χ3n) is 3.44. The van der Waals surface area contributed by atoms with Crippen molar-refractivity contribution in [3.8, 4) is 0 Å². The standard InChI is InChI=1S/C13H14N6O2/c14-12(17-21)9-2-1-3-10(6-9)13(20)18-4-5-19-8-15-16-11(19)7-18/h1-3,6,8,21H,4-5,7H2,(H2,14,17). The molecule has 3 N–H and O–H groups in total. The second-order valence-electron chi connectivity index (χ2n) is 4.73. The van der Waals surface area contributed by atoms with Crippen LogP contribution in [0.4, 0.5) is 0 Å². The van der Waals surface area contributed by atoms with Crippen LogP contribution >= 0.6 is 0 Å². The molecule has 0 saturated heterocycles. The lowest BCUT2D eigenvalue weighted by molar-refractivity contribution is 0.0707. The molecule has 1 aromatic heterocycles. The van der Waals surface area contributed by atoms with Crippen molar-refractivity contribution in [2.45, 2.75) is 13.1 Å². The summed E-state index contributed by atoms with van der Waals surface area (Å²) >= 11 is 0. The molecule has 1 aliphatic heterocycles. The second-order valence-corrected chi connectivity index (χ2v) is 4.73. The fourth-order valence-corrected chi connectivity index (χ4v) is 2.29. The minimum atomic E-state index is -0.114. The third kappa shape index (κ3) is 2.42. The van der Waals surface area contributed by atoms with Gasteiger partial charge in [0.15, 0.2) is 11.7 Å². The smallest absolute Gasteiger partial charge is 0.254 e. The number of carbonyl (C=O) groups excluding carboxylic acids is 1. The molecule has 2 aromatic rings. The number of carbonyl (C=O) groups is 1. The predicted molar refractivity (Wildman–Crippen MR) is 73.7 cm³/mol. The van der Waals surface area contributed by atoms with Crippen molar-refractivity contribution >= 4 is 11.7 Å². The number of amidine groups is 1. The summed E-state index contributed by atoms with van der Waals surface area (Å²) in [6.07, 6.45) is 1.66. The van der Waals surface area contributed by atoms with Gasteiger partial charge in [0.05, 0.1) is 6.54 Å². The summed E-state index contributed by atoms with van der Waals surface area (Å²) < 4.78 is 1.93. The number of nitrogens with zero attached hydrogens (tertiary/aromatic N) is 5. The van der Waals surface area contributed by atoms with E-state index in [1.165, 1.54) is 0 Å². The zero-order chi connectivity index (χ0) is 14.8. The molecule has 108 valence electrons. The zero-order valence-electron chi connectivity index (χ0n) is 11.2. The largest absolute Gasteiger partial charge is 0.409 e. The van der Waals surface area contributed by atoms with Gasteiger partial charge in [-0.05, 0) is 12.1 Å². The van der Waals surface area contributed by atoms with Crippen LogP contribution in [0.1, 0.15) is 21.7 Å². The molecule has 8 nitrogen and oxygen atoms in total. The van der Waals surface area contributed by atoms with E-state index in [1.54, 1.807) is 35.5 Å². The number of hydrogen-bond acceptors (Lipinski definition) is 5. The highest BCUT2D eigenvalue weighted by atomic mass is 16.4. The van der Waals surface area contributed by atoms with Crippen molar-refractivity contribution < 1.29 is 10.0 Å². The molecule has 1 aromatic carbocycles. The lowest BCUT2D eigenvalue weighted by Gasteiger charge is -2.27. The van der Waals surface area contributed by atoms with Crippen LogP contribution in [0.3, 0.4) is 0 Å². The van der Waals surface area contributed by atoms with Crippen molar-refractivity contribution in [3.05, 3.63) is 47.5 Å². The Morgan fingerprint density at radius 3 is 2.95 bits per heavy atom. The number of benzene rings is 1. The topological polar surface area (TPSA) is 110 Å². The van der Waals surface area contributed by atoms with Gasteiger partial charge >= 0.3 is 0 Å². The Morgan fingerprint density at radius 1 is 1.33 bits per heavy atom. The number of hydrogen-bond donors (Lipinski definition) is 2. The lowest BCUT2D eigenvalue weighted by atomic mass is 10.1. The second kappa shape index (κ2) is 5.23. The van der Waals surface area contributed by atoms with Gasteiger partial charge in [-0.15, -0.1) is 10.2 Å². The molecule has 2 heterocycles. The Balaban J connectivity index is 1.83. The number of fused-ring (bicyclic) bond motifs is 1. The van der Waals surface area contributed by atoms with Gasteiger partial charge in [0, 0.05) is 24.2 Å². The number of aromatic nitrogens is 3. The highest BCUT2D eigenvalue weighted by Gasteiger charge is 2.23. The first-order valence-electron chi connectivity index (χ1n) is 6.43. The molecule has 0 bridgehead atoms. The number of amides is 1. The average Bonchev–Trinajstić information content (AvgIpc) is 3.01. The van der Waals surface area contributed by atoms with Gasteiger partial charge in [-0.25, -0.2) is 0 Å². The van der Waals surface area contributed by atoms with Crippen LogP contribution < -0.4 is 5.73 Å². The maximum absolute atomic E-state index is 12.5. The van der Waals surface area contributed by atoms with E-state index >= 15 is 0 Å². The Hall–Kier alpha value is -2.90. The molecular weight excluding hydrogens is 272 g/mol. The van der Waals surface area contributed by atoms with Gasteiger partial charge in [0.2, 0.25) is 0 Å². The number of rotatable bonds is 2. The van der Waals surface area contributed by atoms with E-state index in [4.69, 9.17) is 10.9 Å². The van der Waals surface area contributed by atoms with E-state index in [-0.39, 0.29) is 11.7 Å². The van der Waals surface area contributed by atoms with Crippen LogP contribution in [0.5, 0.6) is 0 Å². The van der Waals surface area contributed by atoms with Crippen LogP contribution in [0, 0.1) is 0 Å². The SMILES string of the molecule is NC(=NO)c1cccc(C(=O)N2CCn3cnnc3C2)c1. The third-order valence-corrected chi connectivity index (χ3v) is 3.44. The molecular formula is C13H14N6O2. The molecule has 0 saturated carbocycles. The Kier molecular flexibility index (Phi) is 3.27. The normalized spacial score (nSPS) is 14.9. The summed E-state index contributed by atoms with van der Waals surface area (Å²) in [5.74, 6) is 0.627. The van der Waals surface area contributed by atoms with Crippen LogP contribution in [0.15, 0.2) is 35.7 Å². The van der Waals surface area contributed by atoms with Crippen molar-refractivity contribution in [2.24, 2.45) is 10.9 Å². The summed E-state index contributed by atoms with van der Waals surface area (Å²) in [4.78, 5) is 14.2. The summed E-state index contributed by atoms with van der Waals surface area (Å²) in [6.45, 7) is 1.69. The van der Waals surface area contributed by atoms with Gasteiger partial charge in [-0.2, -0.15) is 0 Å². The van der Waals surface area contributed by atoms with E-state index in [0.29, 0.717) is 30.8 Å². The summed E-state index contributed by atoms with van der Waals surface area (Å²) in [5.41, 5.74) is 6.54. The molecule has 3 rings (SSSR count). The molecule has 8 heteroatoms. The molecule has 0 unspecified atom stereocenters. The van der Waals surface area contributed by atoms with Gasteiger partial charge in [-0.1, -0.05) is 17.3 Å². The Morgan fingerprint density at radius 2 is 2.14 bits per heavy atom. The molecule has 0 aliphatic carbocycles. The van der Waals surface area contributed by atoms with Crippen LogP contribution in [-0.2, 0) is 13.1 Å². The first-order chi connectivity index (χ1) is 10.2. The molecule has 0 atom stereocenters. The first kappa shape index (κ1) is 13.1. The van der Waals surface area contributed by atoms with Gasteiger partial charge in [0.1, 0.15) is 6.33 Å². The van der Waals surface area contributed by atoms with Gasteiger partial charge in [-0.3, -0.25) is 4.79 Å². The van der Waals surface area contributed by atoms with Gasteiger partial charge in [0.25, 0.3) is 5.91 Å². The molecule has 0 fully saturated rings. The monoisotopic (exact) mass is 286 g/mol. The van der Waals surface area contributed by atoms with E-state index in [1.807, 2.05) is 4.57 Å². The maximum atomic E-state index is 12.5. The minimum absolute atomic E-state index is 0.0250. The van der Waals surface area contributed by atoms with Crippen molar-refractivity contribution in [1.82, 2.24) is 19.7 Å². The van der Waals surface area contributed by atoms with Crippen molar-refractivity contribution in [1.29, 1.82) is 0 Å². The summed E-state index contributed by atoms with van der Waals surface area (Å²) in [7, 11) is 0. The molecule has 21 heavy (non-hydrogen) atoms. The van der Waals surface area contributed by atoms with Crippen LogP contribution in [-0.4, -0.2) is 43.2 Å². The zero-order valence-corrected chi connectivity index (χ0v) is 11.2. The van der Waals surface area contributed by atoms with E-state index < -0.39 is 0 Å².